The van der Waals surface area contributed by atoms with Gasteiger partial charge < -0.3 is 4.57 Å². The van der Waals surface area contributed by atoms with Crippen molar-refractivity contribution in [1.29, 1.82) is 0 Å². The van der Waals surface area contributed by atoms with E-state index < -0.39 is 0 Å². The number of thiophene rings is 2. The van der Waals surface area contributed by atoms with Crippen LogP contribution in [-0.4, -0.2) is 4.57 Å². The van der Waals surface area contributed by atoms with Crippen molar-refractivity contribution in [2.45, 2.75) is 44.9 Å². The van der Waals surface area contributed by atoms with Crippen molar-refractivity contribution in [3.05, 3.63) is 173 Å². The monoisotopic (exact) mass is 909 g/mol. The van der Waals surface area contributed by atoms with Crippen LogP contribution >= 0.6 is 38.6 Å². The van der Waals surface area contributed by atoms with E-state index in [1.54, 1.807) is 11.1 Å². The van der Waals surface area contributed by atoms with E-state index in [0.29, 0.717) is 11.8 Å². The molecule has 0 saturated heterocycles. The summed E-state index contributed by atoms with van der Waals surface area (Å²) in [6.45, 7) is 5.11. The van der Waals surface area contributed by atoms with E-state index in [4.69, 9.17) is 0 Å². The zero-order valence-corrected chi connectivity index (χ0v) is 38.5. The number of nitrogens with zero attached hydrogens (tertiary/aromatic N) is 1. The highest BCUT2D eigenvalue weighted by atomic mass is 79.9. The lowest BCUT2D eigenvalue weighted by Crippen LogP contribution is -2.49. The zero-order valence-electron chi connectivity index (χ0n) is 35.3. The van der Waals surface area contributed by atoms with Crippen LogP contribution in [0, 0.1) is 23.7 Å². The molecule has 8 aromatic carbocycles. The first-order valence-electron chi connectivity index (χ1n) is 22.8. The van der Waals surface area contributed by atoms with Crippen LogP contribution in [0.15, 0.2) is 162 Å². The lowest BCUT2D eigenvalue weighted by Gasteiger charge is -2.54. The summed E-state index contributed by atoms with van der Waals surface area (Å²) < 4.78 is 9.07. The van der Waals surface area contributed by atoms with Crippen molar-refractivity contribution in [3.8, 4) is 39.1 Å². The second kappa shape index (κ2) is 13.5. The van der Waals surface area contributed by atoms with Gasteiger partial charge >= 0.3 is 0 Å². The van der Waals surface area contributed by atoms with Crippen molar-refractivity contribution >= 4 is 101 Å². The minimum atomic E-state index is 0.0155. The Labute approximate surface area is 383 Å². The molecule has 0 N–H and O–H groups in total. The standard InChI is InChI=1S/C59H44BrNS2/c1-33-24-35-26-34(2)59(38(25-33)27-35)50-15-6-3-10-40(50)41-21-20-39(30-51(41)59)61-53-22-18-36(37-19-23-56-48(29-37)42-11-4-7-16-54(42)62-56)28-47(53)45-14-9-13-44(58(45)61)46-32-57-49(31-52(46)60)43-12-5-8-17-55(43)63-57/h3-23,28-35,38H,24-27H2,1-2H3. The Bertz CT molecular complexity index is 3730. The molecule has 3 heterocycles. The highest BCUT2D eigenvalue weighted by molar-refractivity contribution is 9.10. The molecule has 3 aromatic heterocycles. The zero-order chi connectivity index (χ0) is 41.7. The fraction of sp³-hybridized carbons (Fsp3) is 0.186. The summed E-state index contributed by atoms with van der Waals surface area (Å²) in [7, 11) is 0. The van der Waals surface area contributed by atoms with Crippen LogP contribution in [0.25, 0.3) is 101 Å². The van der Waals surface area contributed by atoms with E-state index >= 15 is 0 Å². The fourth-order valence-corrected chi connectivity index (χ4v) is 16.2. The largest absolute Gasteiger partial charge is 0.309 e. The first-order chi connectivity index (χ1) is 30.9. The molecular weight excluding hydrogens is 867 g/mol. The average molecular weight is 911 g/mol. The third-order valence-electron chi connectivity index (χ3n) is 15.8. The molecule has 0 amide bonds. The molecule has 5 unspecified atom stereocenters. The molecule has 0 aliphatic heterocycles. The average Bonchev–Trinajstić information content (AvgIpc) is 4.04. The molecule has 5 atom stereocenters. The van der Waals surface area contributed by atoms with E-state index in [0.717, 1.165) is 16.3 Å². The molecule has 2 saturated carbocycles. The fourth-order valence-electron chi connectivity index (χ4n) is 13.4. The maximum atomic E-state index is 4.15. The number of benzene rings is 8. The molecule has 304 valence electrons. The van der Waals surface area contributed by atoms with Gasteiger partial charge in [-0.2, -0.15) is 0 Å². The van der Waals surface area contributed by atoms with Gasteiger partial charge in [0.2, 0.25) is 0 Å². The maximum absolute atomic E-state index is 4.15. The molecule has 1 spiro atoms. The molecule has 2 fully saturated rings. The van der Waals surface area contributed by atoms with Gasteiger partial charge in [0.25, 0.3) is 0 Å². The molecule has 0 radical (unpaired) electrons. The van der Waals surface area contributed by atoms with Gasteiger partial charge in [-0.05, 0) is 149 Å². The summed E-state index contributed by atoms with van der Waals surface area (Å²) in [6, 6.07) is 60.8. The molecule has 63 heavy (non-hydrogen) atoms. The first kappa shape index (κ1) is 36.9. The summed E-state index contributed by atoms with van der Waals surface area (Å²) in [5, 5.41) is 7.87. The smallest absolute Gasteiger partial charge is 0.0619 e. The van der Waals surface area contributed by atoms with Gasteiger partial charge in [-0.25, -0.2) is 0 Å². The molecule has 1 nitrogen and oxygen atoms in total. The molecule has 14 rings (SSSR count). The summed E-state index contributed by atoms with van der Waals surface area (Å²) in [5.41, 5.74) is 14.8. The van der Waals surface area contributed by atoms with Gasteiger partial charge in [0.05, 0.1) is 11.0 Å². The van der Waals surface area contributed by atoms with Gasteiger partial charge in [-0.15, -0.1) is 22.7 Å². The normalized spacial score (nSPS) is 21.7. The Morgan fingerprint density at radius 2 is 1.16 bits per heavy atom. The van der Waals surface area contributed by atoms with Crippen LogP contribution < -0.4 is 0 Å². The van der Waals surface area contributed by atoms with Gasteiger partial charge in [0.15, 0.2) is 0 Å². The first-order valence-corrected chi connectivity index (χ1v) is 25.2. The predicted octanol–water partition coefficient (Wildman–Crippen LogP) is 18.0. The number of halogens is 1. The minimum Gasteiger partial charge on any atom is -0.309 e. The Balaban J connectivity index is 1.04. The summed E-state index contributed by atoms with van der Waals surface area (Å²) in [6.07, 6.45) is 5.35. The predicted molar refractivity (Wildman–Crippen MR) is 275 cm³/mol. The Hall–Kier alpha value is -5.52. The minimum absolute atomic E-state index is 0.0155. The van der Waals surface area contributed by atoms with Gasteiger partial charge in [-0.1, -0.05) is 127 Å². The number of fused-ring (bicyclic) bond motifs is 17. The van der Waals surface area contributed by atoms with Crippen LogP contribution in [0.5, 0.6) is 0 Å². The van der Waals surface area contributed by atoms with Crippen molar-refractivity contribution in [1.82, 2.24) is 4.57 Å². The Kier molecular flexibility index (Phi) is 7.91. The van der Waals surface area contributed by atoms with E-state index in [9.17, 15) is 0 Å². The highest BCUT2D eigenvalue weighted by Gasteiger charge is 2.56. The SMILES string of the molecule is CC1CC2CC(C)C3(c4ccccc4-c4ccc(-n5c6ccc(-c7ccc8sc9ccccc9c8c7)cc6c6cccc(-c7cc8sc9ccccc9c8cc7Br)c65)cc43)C(C1)C2. The maximum Gasteiger partial charge on any atom is 0.0619 e. The van der Waals surface area contributed by atoms with E-state index in [2.05, 4.69) is 192 Å². The lowest BCUT2D eigenvalue weighted by molar-refractivity contribution is 0.0426. The van der Waals surface area contributed by atoms with Crippen molar-refractivity contribution < 1.29 is 0 Å². The van der Waals surface area contributed by atoms with E-state index in [-0.39, 0.29) is 5.41 Å². The van der Waals surface area contributed by atoms with E-state index in [1.807, 2.05) is 22.7 Å². The second-order valence-corrected chi connectivity index (χ2v) is 22.2. The summed E-state index contributed by atoms with van der Waals surface area (Å²) >= 11 is 7.92. The van der Waals surface area contributed by atoms with Gasteiger partial charge in [-0.3, -0.25) is 0 Å². The van der Waals surface area contributed by atoms with Crippen LogP contribution in [0.4, 0.5) is 0 Å². The number of hydrogen-bond donors (Lipinski definition) is 0. The molecule has 11 aromatic rings. The van der Waals surface area contributed by atoms with Crippen LogP contribution in [0.1, 0.15) is 50.7 Å². The summed E-state index contributed by atoms with van der Waals surface area (Å²) in [4.78, 5) is 0. The van der Waals surface area contributed by atoms with Crippen molar-refractivity contribution in [2.24, 2.45) is 23.7 Å². The quantitative estimate of drug-likeness (QED) is 0.166. The van der Waals surface area contributed by atoms with Crippen molar-refractivity contribution in [3.63, 3.8) is 0 Å². The topological polar surface area (TPSA) is 4.93 Å². The van der Waals surface area contributed by atoms with Gasteiger partial charge in [0.1, 0.15) is 0 Å². The third-order valence-corrected chi connectivity index (χ3v) is 18.7. The molecular formula is C59H44BrNS2. The van der Waals surface area contributed by atoms with Crippen molar-refractivity contribution in [2.75, 3.05) is 0 Å². The van der Waals surface area contributed by atoms with Crippen LogP contribution in [0.3, 0.4) is 0 Å². The third kappa shape index (κ3) is 5.15. The highest BCUT2D eigenvalue weighted by Crippen LogP contribution is 2.65. The lowest BCUT2D eigenvalue weighted by atomic mass is 9.49. The molecule has 3 aliphatic rings. The van der Waals surface area contributed by atoms with E-state index in [1.165, 1.54) is 127 Å². The molecule has 2 bridgehead atoms. The molecule has 4 heteroatoms. The molecule has 3 aliphatic carbocycles. The van der Waals surface area contributed by atoms with Gasteiger partial charge in [0, 0.05) is 72.3 Å². The number of rotatable bonds is 3. The number of hydrogen-bond acceptors (Lipinski definition) is 2. The van der Waals surface area contributed by atoms with Crippen LogP contribution in [0.2, 0.25) is 0 Å². The number of para-hydroxylation sites is 1. The Morgan fingerprint density at radius 1 is 0.492 bits per heavy atom. The second-order valence-electron chi connectivity index (χ2n) is 19.2. The summed E-state index contributed by atoms with van der Waals surface area (Å²) in [5.74, 6) is 2.82. The number of aromatic nitrogens is 1. The Morgan fingerprint density at radius 3 is 2.00 bits per heavy atom. The van der Waals surface area contributed by atoms with Crippen LogP contribution in [-0.2, 0) is 5.41 Å².